The Hall–Kier alpha value is -3.49. The standard InChI is InChI=1S/C19H16F3N3O3/c1-13-16(28-12-19(20,21)22)23-25(15-10-6-3-7-11-15)17(13)24(18(26)27)14-8-4-2-5-9-14/h2-11H,12H2,1H3,(H,26,27). The van der Waals surface area contributed by atoms with Crippen LogP contribution in [0.25, 0.3) is 5.69 Å². The number of rotatable bonds is 5. The van der Waals surface area contributed by atoms with Crippen molar-refractivity contribution in [2.24, 2.45) is 0 Å². The summed E-state index contributed by atoms with van der Waals surface area (Å²) in [7, 11) is 0. The van der Waals surface area contributed by atoms with Crippen LogP contribution < -0.4 is 9.64 Å². The molecule has 146 valence electrons. The third-order valence-corrected chi connectivity index (χ3v) is 3.84. The molecule has 0 saturated heterocycles. The minimum absolute atomic E-state index is 0.0714. The molecule has 28 heavy (non-hydrogen) atoms. The summed E-state index contributed by atoms with van der Waals surface area (Å²) in [5, 5.41) is 13.9. The summed E-state index contributed by atoms with van der Waals surface area (Å²) in [6.07, 6.45) is -5.86. The number of carboxylic acid groups (broad SMARTS) is 1. The fourth-order valence-electron chi connectivity index (χ4n) is 2.67. The predicted octanol–water partition coefficient (Wildman–Crippen LogP) is 4.94. The van der Waals surface area contributed by atoms with Crippen LogP contribution in [0.5, 0.6) is 5.88 Å². The lowest BCUT2D eigenvalue weighted by Gasteiger charge is -2.21. The van der Waals surface area contributed by atoms with Gasteiger partial charge in [-0.3, -0.25) is 0 Å². The zero-order valence-corrected chi connectivity index (χ0v) is 14.7. The number of ether oxygens (including phenoxy) is 1. The monoisotopic (exact) mass is 391 g/mol. The number of carbonyl (C=O) groups is 1. The van der Waals surface area contributed by atoms with E-state index in [-0.39, 0.29) is 17.3 Å². The third-order valence-electron chi connectivity index (χ3n) is 3.84. The minimum Gasteiger partial charge on any atom is -0.467 e. The van der Waals surface area contributed by atoms with Gasteiger partial charge in [0.25, 0.3) is 0 Å². The van der Waals surface area contributed by atoms with Gasteiger partial charge in [-0.1, -0.05) is 36.4 Å². The van der Waals surface area contributed by atoms with Gasteiger partial charge in [-0.2, -0.15) is 13.2 Å². The van der Waals surface area contributed by atoms with E-state index in [9.17, 15) is 23.1 Å². The molecule has 0 aliphatic rings. The molecule has 6 nitrogen and oxygen atoms in total. The van der Waals surface area contributed by atoms with Gasteiger partial charge >= 0.3 is 12.3 Å². The molecular formula is C19H16F3N3O3. The van der Waals surface area contributed by atoms with Crippen molar-refractivity contribution in [3.05, 3.63) is 66.2 Å². The molecule has 2 aromatic carbocycles. The molecule has 0 fully saturated rings. The Kier molecular flexibility index (Phi) is 5.25. The van der Waals surface area contributed by atoms with E-state index in [1.807, 2.05) is 0 Å². The Bertz CT molecular complexity index is 957. The molecule has 9 heteroatoms. The van der Waals surface area contributed by atoms with Crippen LogP contribution in [0.15, 0.2) is 60.7 Å². The lowest BCUT2D eigenvalue weighted by Crippen LogP contribution is -2.26. The number of para-hydroxylation sites is 2. The molecule has 0 unspecified atom stereocenters. The number of hydrogen-bond acceptors (Lipinski definition) is 3. The molecule has 1 aromatic heterocycles. The summed E-state index contributed by atoms with van der Waals surface area (Å²) < 4.78 is 43.9. The van der Waals surface area contributed by atoms with Gasteiger partial charge in [-0.15, -0.1) is 5.10 Å². The first kappa shape index (κ1) is 19.3. The molecule has 1 N–H and O–H groups in total. The van der Waals surface area contributed by atoms with Crippen LogP contribution in [-0.4, -0.2) is 33.8 Å². The van der Waals surface area contributed by atoms with Crippen LogP contribution >= 0.6 is 0 Å². The molecule has 0 atom stereocenters. The Balaban J connectivity index is 2.17. The predicted molar refractivity (Wildman–Crippen MR) is 96.5 cm³/mol. The van der Waals surface area contributed by atoms with Gasteiger partial charge in [0, 0.05) is 0 Å². The number of anilines is 2. The van der Waals surface area contributed by atoms with Crippen molar-refractivity contribution in [1.29, 1.82) is 0 Å². The van der Waals surface area contributed by atoms with Crippen molar-refractivity contribution in [3.63, 3.8) is 0 Å². The summed E-state index contributed by atoms with van der Waals surface area (Å²) in [6.45, 7) is -0.0656. The average molecular weight is 391 g/mol. The van der Waals surface area contributed by atoms with Gasteiger partial charge in [0.15, 0.2) is 12.4 Å². The molecule has 3 rings (SSSR count). The third kappa shape index (κ3) is 4.08. The first-order valence-corrected chi connectivity index (χ1v) is 8.20. The molecule has 0 aliphatic heterocycles. The van der Waals surface area contributed by atoms with Crippen LogP contribution in [0.1, 0.15) is 5.56 Å². The Morgan fingerprint density at radius 1 is 1.11 bits per heavy atom. The molecule has 0 aliphatic carbocycles. The number of halogens is 3. The number of amides is 1. The van der Waals surface area contributed by atoms with E-state index in [0.717, 1.165) is 4.90 Å². The van der Waals surface area contributed by atoms with Crippen molar-refractivity contribution in [3.8, 4) is 11.6 Å². The summed E-state index contributed by atoms with van der Waals surface area (Å²) in [6, 6.07) is 16.7. The van der Waals surface area contributed by atoms with E-state index in [1.54, 1.807) is 60.7 Å². The van der Waals surface area contributed by atoms with Crippen LogP contribution in [0.4, 0.5) is 29.5 Å². The van der Waals surface area contributed by atoms with Crippen LogP contribution in [-0.2, 0) is 0 Å². The molecular weight excluding hydrogens is 375 g/mol. The second kappa shape index (κ2) is 7.63. The lowest BCUT2D eigenvalue weighted by atomic mass is 10.2. The maximum absolute atomic E-state index is 12.6. The van der Waals surface area contributed by atoms with Crippen molar-refractivity contribution in [2.45, 2.75) is 13.1 Å². The van der Waals surface area contributed by atoms with Crippen LogP contribution in [0.3, 0.4) is 0 Å². The van der Waals surface area contributed by atoms with E-state index in [2.05, 4.69) is 5.10 Å². The second-order valence-corrected chi connectivity index (χ2v) is 5.86. The number of hydrogen-bond donors (Lipinski definition) is 1. The van der Waals surface area contributed by atoms with Crippen molar-refractivity contribution >= 4 is 17.6 Å². The Morgan fingerprint density at radius 2 is 1.68 bits per heavy atom. The summed E-state index contributed by atoms with van der Waals surface area (Å²) in [5.41, 5.74) is 0.960. The SMILES string of the molecule is Cc1c(OCC(F)(F)F)nn(-c2ccccc2)c1N(C(=O)O)c1ccccc1. The Labute approximate surface area is 158 Å². The normalized spacial score (nSPS) is 11.3. The molecule has 3 aromatic rings. The van der Waals surface area contributed by atoms with E-state index in [4.69, 9.17) is 4.74 Å². The van der Waals surface area contributed by atoms with Crippen molar-refractivity contribution in [2.75, 3.05) is 11.5 Å². The number of nitrogens with zero attached hydrogens (tertiary/aromatic N) is 3. The molecule has 0 radical (unpaired) electrons. The number of aromatic nitrogens is 2. The topological polar surface area (TPSA) is 67.6 Å². The lowest BCUT2D eigenvalue weighted by molar-refractivity contribution is -0.154. The summed E-state index contributed by atoms with van der Waals surface area (Å²) in [4.78, 5) is 13.0. The van der Waals surface area contributed by atoms with E-state index < -0.39 is 18.9 Å². The van der Waals surface area contributed by atoms with Gasteiger partial charge in [0.05, 0.1) is 16.9 Å². The minimum atomic E-state index is -4.55. The average Bonchev–Trinajstić information content (AvgIpc) is 2.98. The first-order chi connectivity index (χ1) is 13.3. The van der Waals surface area contributed by atoms with Crippen LogP contribution in [0, 0.1) is 6.92 Å². The van der Waals surface area contributed by atoms with E-state index in [1.165, 1.54) is 11.6 Å². The fourth-order valence-corrected chi connectivity index (χ4v) is 2.67. The highest BCUT2D eigenvalue weighted by Crippen LogP contribution is 2.36. The zero-order chi connectivity index (χ0) is 20.3. The number of benzene rings is 2. The summed E-state index contributed by atoms with van der Waals surface area (Å²) in [5.74, 6) is -0.222. The highest BCUT2D eigenvalue weighted by atomic mass is 19.4. The van der Waals surface area contributed by atoms with E-state index in [0.29, 0.717) is 11.4 Å². The largest absolute Gasteiger partial charge is 0.467 e. The van der Waals surface area contributed by atoms with Gasteiger partial charge in [-0.25, -0.2) is 14.4 Å². The van der Waals surface area contributed by atoms with Crippen molar-refractivity contribution < 1.29 is 27.8 Å². The molecule has 0 bridgehead atoms. The highest BCUT2D eigenvalue weighted by Gasteiger charge is 2.32. The number of alkyl halides is 3. The maximum Gasteiger partial charge on any atom is 0.422 e. The molecule has 0 saturated carbocycles. The summed E-state index contributed by atoms with van der Waals surface area (Å²) >= 11 is 0. The first-order valence-electron chi connectivity index (χ1n) is 8.20. The van der Waals surface area contributed by atoms with Crippen LogP contribution in [0.2, 0.25) is 0 Å². The fraction of sp³-hybridized carbons (Fsp3) is 0.158. The van der Waals surface area contributed by atoms with Gasteiger partial charge in [0.1, 0.15) is 0 Å². The smallest absolute Gasteiger partial charge is 0.422 e. The maximum atomic E-state index is 12.6. The van der Waals surface area contributed by atoms with Gasteiger partial charge in [0.2, 0.25) is 5.88 Å². The van der Waals surface area contributed by atoms with Gasteiger partial charge < -0.3 is 9.84 Å². The molecule has 1 amide bonds. The van der Waals surface area contributed by atoms with Crippen molar-refractivity contribution in [1.82, 2.24) is 9.78 Å². The highest BCUT2D eigenvalue weighted by molar-refractivity contribution is 5.95. The molecule has 1 heterocycles. The zero-order valence-electron chi connectivity index (χ0n) is 14.7. The quantitative estimate of drug-likeness (QED) is 0.669. The van der Waals surface area contributed by atoms with Gasteiger partial charge in [-0.05, 0) is 31.2 Å². The molecule has 0 spiro atoms. The Morgan fingerprint density at radius 3 is 2.21 bits per heavy atom. The second-order valence-electron chi connectivity index (χ2n) is 5.86. The van der Waals surface area contributed by atoms with E-state index >= 15 is 0 Å².